The molecule has 0 atom stereocenters. The summed E-state index contributed by atoms with van der Waals surface area (Å²) in [5.41, 5.74) is 1.27. The number of hydrogen-bond donors (Lipinski definition) is 0. The van der Waals surface area contributed by atoms with Gasteiger partial charge in [-0.15, -0.1) is 0 Å². The lowest BCUT2D eigenvalue weighted by atomic mass is 10.0. The maximum atomic E-state index is 13.9. The van der Waals surface area contributed by atoms with Crippen molar-refractivity contribution >= 4 is 0 Å². The summed E-state index contributed by atoms with van der Waals surface area (Å²) >= 11 is 0. The van der Waals surface area contributed by atoms with E-state index >= 15 is 0 Å². The summed E-state index contributed by atoms with van der Waals surface area (Å²) < 4.78 is 46.5. The van der Waals surface area contributed by atoms with Gasteiger partial charge in [-0.3, -0.25) is 0 Å². The van der Waals surface area contributed by atoms with E-state index in [2.05, 4.69) is 0 Å². The van der Waals surface area contributed by atoms with E-state index in [1.165, 1.54) is 12.1 Å². The van der Waals surface area contributed by atoms with Crippen molar-refractivity contribution < 1.29 is 17.9 Å². The van der Waals surface area contributed by atoms with Crippen molar-refractivity contribution in [3.8, 4) is 5.75 Å². The van der Waals surface area contributed by atoms with Gasteiger partial charge in [0.25, 0.3) is 0 Å². The highest BCUT2D eigenvalue weighted by Gasteiger charge is 2.15. The monoisotopic (exact) mass is 294 g/mol. The molecule has 112 valence electrons. The van der Waals surface area contributed by atoms with Crippen molar-refractivity contribution in [2.45, 2.75) is 26.7 Å². The van der Waals surface area contributed by atoms with Gasteiger partial charge in [-0.25, -0.2) is 8.78 Å². The normalized spacial score (nSPS) is 10.7. The molecule has 0 aliphatic rings. The molecule has 0 aliphatic heterocycles. The van der Waals surface area contributed by atoms with Crippen LogP contribution in [-0.2, 0) is 12.8 Å². The molecule has 0 radical (unpaired) electrons. The lowest BCUT2D eigenvalue weighted by molar-refractivity contribution is 0.313. The maximum Gasteiger partial charge on any atom is 0.200 e. The molecule has 0 aliphatic carbocycles. The molecule has 2 aromatic carbocycles. The van der Waals surface area contributed by atoms with Gasteiger partial charge >= 0.3 is 0 Å². The molecule has 2 rings (SSSR count). The molecule has 2 aromatic rings. The van der Waals surface area contributed by atoms with E-state index in [1.54, 1.807) is 32.0 Å². The summed E-state index contributed by atoms with van der Waals surface area (Å²) in [5, 5.41) is 0. The Balaban J connectivity index is 2.17. The zero-order valence-electron chi connectivity index (χ0n) is 12.1. The van der Waals surface area contributed by atoms with E-state index < -0.39 is 11.6 Å². The summed E-state index contributed by atoms with van der Waals surface area (Å²) in [7, 11) is 0. The number of hydrogen-bond acceptors (Lipinski definition) is 1. The van der Waals surface area contributed by atoms with Crippen LogP contribution < -0.4 is 4.74 Å². The Kier molecular flexibility index (Phi) is 4.89. The van der Waals surface area contributed by atoms with Crippen molar-refractivity contribution in [3.63, 3.8) is 0 Å². The lowest BCUT2D eigenvalue weighted by Gasteiger charge is -2.10. The Morgan fingerprint density at radius 3 is 2.19 bits per heavy atom. The Labute approximate surface area is 122 Å². The molecule has 0 spiro atoms. The minimum Gasteiger partial charge on any atom is -0.491 e. The number of halogens is 3. The van der Waals surface area contributed by atoms with Gasteiger partial charge in [-0.05, 0) is 49.4 Å². The van der Waals surface area contributed by atoms with E-state index in [4.69, 9.17) is 4.74 Å². The van der Waals surface area contributed by atoms with Gasteiger partial charge in [-0.1, -0.05) is 24.3 Å². The Morgan fingerprint density at radius 1 is 0.857 bits per heavy atom. The molecular weight excluding hydrogens is 277 g/mol. The number of ether oxygens (including phenoxy) is 1. The van der Waals surface area contributed by atoms with Crippen LogP contribution in [-0.4, -0.2) is 6.61 Å². The van der Waals surface area contributed by atoms with Crippen molar-refractivity contribution in [1.29, 1.82) is 0 Å². The van der Waals surface area contributed by atoms with Gasteiger partial charge in [0, 0.05) is 0 Å². The topological polar surface area (TPSA) is 9.23 Å². The second-order valence-electron chi connectivity index (χ2n) is 4.83. The highest BCUT2D eigenvalue weighted by atomic mass is 19.2. The van der Waals surface area contributed by atoms with Crippen LogP contribution in [0.1, 0.15) is 23.6 Å². The average molecular weight is 294 g/mol. The standard InChI is InChI=1S/C17H17F3O/c1-3-21-14-10-9-13(16(19)17(14)20)8-7-12-6-4-5-11(2)15(12)18/h4-6,9-10H,3,7-8H2,1-2H3. The van der Waals surface area contributed by atoms with Crippen LogP contribution in [0.25, 0.3) is 0 Å². The fourth-order valence-corrected chi connectivity index (χ4v) is 2.20. The maximum absolute atomic E-state index is 13.9. The van der Waals surface area contributed by atoms with Crippen molar-refractivity contribution in [3.05, 3.63) is 64.5 Å². The first-order chi connectivity index (χ1) is 10.0. The zero-order valence-corrected chi connectivity index (χ0v) is 12.1. The molecule has 0 saturated carbocycles. The van der Waals surface area contributed by atoms with Crippen LogP contribution in [0.15, 0.2) is 30.3 Å². The van der Waals surface area contributed by atoms with Gasteiger partial charge in [0.05, 0.1) is 6.61 Å². The smallest absolute Gasteiger partial charge is 0.200 e. The van der Waals surface area contributed by atoms with E-state index in [-0.39, 0.29) is 30.2 Å². The first kappa shape index (κ1) is 15.4. The molecule has 0 aromatic heterocycles. The third-order valence-corrected chi connectivity index (χ3v) is 3.36. The molecule has 0 fully saturated rings. The summed E-state index contributed by atoms with van der Waals surface area (Å²) in [6.07, 6.45) is 0.549. The molecule has 4 heteroatoms. The van der Waals surface area contributed by atoms with Crippen LogP contribution in [0, 0.1) is 24.4 Å². The quantitative estimate of drug-likeness (QED) is 0.783. The second-order valence-corrected chi connectivity index (χ2v) is 4.83. The SMILES string of the molecule is CCOc1ccc(CCc2cccc(C)c2F)c(F)c1F. The molecule has 0 N–H and O–H groups in total. The second kappa shape index (κ2) is 6.66. The Bertz CT molecular complexity index is 638. The fourth-order valence-electron chi connectivity index (χ4n) is 2.20. The molecule has 0 unspecified atom stereocenters. The first-order valence-corrected chi connectivity index (χ1v) is 6.88. The molecule has 0 saturated heterocycles. The summed E-state index contributed by atoms with van der Waals surface area (Å²) in [4.78, 5) is 0. The van der Waals surface area contributed by atoms with Crippen LogP contribution in [0.5, 0.6) is 5.75 Å². The molecule has 21 heavy (non-hydrogen) atoms. The van der Waals surface area contributed by atoms with Crippen LogP contribution in [0.3, 0.4) is 0 Å². The fraction of sp³-hybridized carbons (Fsp3) is 0.294. The van der Waals surface area contributed by atoms with Crippen LogP contribution in [0.4, 0.5) is 13.2 Å². The number of aryl methyl sites for hydroxylation is 3. The first-order valence-electron chi connectivity index (χ1n) is 6.88. The highest BCUT2D eigenvalue weighted by molar-refractivity contribution is 5.32. The number of rotatable bonds is 5. The van der Waals surface area contributed by atoms with Gasteiger partial charge < -0.3 is 4.74 Å². The zero-order chi connectivity index (χ0) is 15.4. The van der Waals surface area contributed by atoms with Crippen LogP contribution >= 0.6 is 0 Å². The minimum atomic E-state index is -0.987. The van der Waals surface area contributed by atoms with E-state index in [0.29, 0.717) is 17.5 Å². The van der Waals surface area contributed by atoms with Gasteiger partial charge in [0.2, 0.25) is 5.82 Å². The molecule has 0 bridgehead atoms. The van der Waals surface area contributed by atoms with E-state index in [1.807, 2.05) is 0 Å². The predicted octanol–water partition coefficient (Wildman–Crippen LogP) is 4.60. The predicted molar refractivity (Wildman–Crippen MR) is 76.1 cm³/mol. The third-order valence-electron chi connectivity index (χ3n) is 3.36. The summed E-state index contributed by atoms with van der Waals surface area (Å²) in [6, 6.07) is 7.98. The molecular formula is C17H17F3O. The third kappa shape index (κ3) is 3.38. The highest BCUT2D eigenvalue weighted by Crippen LogP contribution is 2.24. The Hall–Kier alpha value is -1.97. The van der Waals surface area contributed by atoms with Crippen molar-refractivity contribution in [2.24, 2.45) is 0 Å². The summed E-state index contributed by atoms with van der Waals surface area (Å²) in [6.45, 7) is 3.64. The van der Waals surface area contributed by atoms with Gasteiger partial charge in [0.1, 0.15) is 5.82 Å². The van der Waals surface area contributed by atoms with Crippen molar-refractivity contribution in [2.75, 3.05) is 6.61 Å². The minimum absolute atomic E-state index is 0.0968. The largest absolute Gasteiger partial charge is 0.491 e. The van der Waals surface area contributed by atoms with E-state index in [0.717, 1.165) is 0 Å². The molecule has 0 heterocycles. The summed E-state index contributed by atoms with van der Waals surface area (Å²) in [5.74, 6) is -2.29. The number of benzene rings is 2. The van der Waals surface area contributed by atoms with E-state index in [9.17, 15) is 13.2 Å². The van der Waals surface area contributed by atoms with Gasteiger partial charge in [-0.2, -0.15) is 4.39 Å². The Morgan fingerprint density at radius 2 is 1.52 bits per heavy atom. The molecule has 1 nitrogen and oxygen atoms in total. The average Bonchev–Trinajstić information content (AvgIpc) is 2.47. The van der Waals surface area contributed by atoms with Crippen LogP contribution in [0.2, 0.25) is 0 Å². The lowest BCUT2D eigenvalue weighted by Crippen LogP contribution is -2.03. The molecule has 0 amide bonds. The van der Waals surface area contributed by atoms with Crippen molar-refractivity contribution in [1.82, 2.24) is 0 Å². The van der Waals surface area contributed by atoms with Gasteiger partial charge in [0.15, 0.2) is 11.6 Å².